The number of nitrogens with zero attached hydrogens (tertiary/aromatic N) is 2. The van der Waals surface area contributed by atoms with Crippen molar-refractivity contribution in [3.05, 3.63) is 65.4 Å². The summed E-state index contributed by atoms with van der Waals surface area (Å²) < 4.78 is 0. The van der Waals surface area contributed by atoms with Crippen molar-refractivity contribution >= 4 is 22.6 Å². The van der Waals surface area contributed by atoms with Crippen LogP contribution in [0.25, 0.3) is 10.9 Å². The third-order valence-electron chi connectivity index (χ3n) is 5.52. The maximum absolute atomic E-state index is 12.1. The number of anilines is 1. The fraction of sp³-hybridized carbons (Fsp3) is 0.318. The van der Waals surface area contributed by atoms with Gasteiger partial charge in [0.05, 0.1) is 0 Å². The van der Waals surface area contributed by atoms with E-state index in [-0.39, 0.29) is 0 Å². The van der Waals surface area contributed by atoms with E-state index in [1.807, 2.05) is 30.5 Å². The number of carboxylic acids is 1. The molecule has 0 spiro atoms. The SMILES string of the molecule is Cc1ccc(N2CCN(C(C(=O)O)c3c[nH]c4ccccc34)CC2)c(C)c1. The molecule has 1 aliphatic rings. The number of carbonyl (C=O) groups is 1. The molecule has 27 heavy (non-hydrogen) atoms. The number of carboxylic acid groups (broad SMARTS) is 1. The molecule has 1 atom stereocenters. The minimum Gasteiger partial charge on any atom is -0.480 e. The second-order valence-corrected chi connectivity index (χ2v) is 7.34. The summed E-state index contributed by atoms with van der Waals surface area (Å²) in [6.07, 6.45) is 1.85. The van der Waals surface area contributed by atoms with E-state index in [2.05, 4.69) is 46.8 Å². The number of nitrogens with one attached hydrogen (secondary N) is 1. The van der Waals surface area contributed by atoms with E-state index < -0.39 is 12.0 Å². The molecule has 2 heterocycles. The highest BCUT2D eigenvalue weighted by Gasteiger charge is 2.32. The van der Waals surface area contributed by atoms with Crippen LogP contribution in [0.3, 0.4) is 0 Å². The normalized spacial score (nSPS) is 16.6. The van der Waals surface area contributed by atoms with Crippen molar-refractivity contribution in [3.63, 3.8) is 0 Å². The molecule has 140 valence electrons. The number of aliphatic carboxylic acids is 1. The van der Waals surface area contributed by atoms with Crippen LogP contribution in [0.15, 0.2) is 48.7 Å². The summed E-state index contributed by atoms with van der Waals surface area (Å²) in [5.74, 6) is -0.792. The molecule has 2 aromatic carbocycles. The van der Waals surface area contributed by atoms with Crippen LogP contribution in [0.4, 0.5) is 5.69 Å². The number of hydrogen-bond donors (Lipinski definition) is 2. The standard InChI is InChI=1S/C22H25N3O2/c1-15-7-8-20(16(2)13-15)24-9-11-25(12-10-24)21(22(26)27)18-14-23-19-6-4-3-5-17(18)19/h3-8,13-14,21,23H,9-12H2,1-2H3,(H,26,27). The largest absolute Gasteiger partial charge is 0.480 e. The van der Waals surface area contributed by atoms with Gasteiger partial charge in [-0.05, 0) is 31.5 Å². The fourth-order valence-corrected chi connectivity index (χ4v) is 4.19. The molecular formula is C22H25N3O2. The Hall–Kier alpha value is -2.79. The predicted molar refractivity (Wildman–Crippen MR) is 108 cm³/mol. The first-order valence-electron chi connectivity index (χ1n) is 9.39. The summed E-state index contributed by atoms with van der Waals surface area (Å²) in [6, 6.07) is 13.8. The number of rotatable bonds is 4. The van der Waals surface area contributed by atoms with Gasteiger partial charge in [-0.3, -0.25) is 9.69 Å². The maximum atomic E-state index is 12.1. The lowest BCUT2D eigenvalue weighted by atomic mass is 10.0. The van der Waals surface area contributed by atoms with Gasteiger partial charge in [-0.2, -0.15) is 0 Å². The number of hydrogen-bond acceptors (Lipinski definition) is 3. The zero-order chi connectivity index (χ0) is 19.0. The smallest absolute Gasteiger partial charge is 0.325 e. The van der Waals surface area contributed by atoms with E-state index in [0.717, 1.165) is 42.6 Å². The van der Waals surface area contributed by atoms with E-state index in [1.165, 1.54) is 16.8 Å². The van der Waals surface area contributed by atoms with Gasteiger partial charge in [0.1, 0.15) is 6.04 Å². The van der Waals surface area contributed by atoms with Gasteiger partial charge in [0.2, 0.25) is 0 Å². The minimum atomic E-state index is -0.792. The van der Waals surface area contributed by atoms with Crippen LogP contribution < -0.4 is 4.90 Å². The second kappa shape index (κ2) is 7.08. The van der Waals surface area contributed by atoms with E-state index in [1.54, 1.807) is 0 Å². The molecular weight excluding hydrogens is 338 g/mol. The highest BCUT2D eigenvalue weighted by atomic mass is 16.4. The molecule has 1 saturated heterocycles. The number of piperazine rings is 1. The topological polar surface area (TPSA) is 59.6 Å². The van der Waals surface area contributed by atoms with E-state index >= 15 is 0 Å². The predicted octanol–water partition coefficient (Wildman–Crippen LogP) is 3.73. The third-order valence-corrected chi connectivity index (χ3v) is 5.52. The molecule has 0 bridgehead atoms. The summed E-state index contributed by atoms with van der Waals surface area (Å²) in [5.41, 5.74) is 5.61. The van der Waals surface area contributed by atoms with E-state index in [0.29, 0.717) is 0 Å². The Kier molecular flexibility index (Phi) is 4.62. The third kappa shape index (κ3) is 3.30. The monoisotopic (exact) mass is 363 g/mol. The van der Waals surface area contributed by atoms with Crippen molar-refractivity contribution in [2.75, 3.05) is 31.1 Å². The molecule has 5 nitrogen and oxygen atoms in total. The molecule has 1 aliphatic heterocycles. The van der Waals surface area contributed by atoms with Gasteiger partial charge >= 0.3 is 5.97 Å². The van der Waals surface area contributed by atoms with Gasteiger partial charge in [0, 0.05) is 54.5 Å². The van der Waals surface area contributed by atoms with E-state index in [9.17, 15) is 9.90 Å². The summed E-state index contributed by atoms with van der Waals surface area (Å²) in [6.45, 7) is 7.35. The zero-order valence-corrected chi connectivity index (χ0v) is 15.8. The summed E-state index contributed by atoms with van der Waals surface area (Å²) in [4.78, 5) is 19.8. The molecule has 3 aromatic rings. The average molecular weight is 363 g/mol. The van der Waals surface area contributed by atoms with Crippen molar-refractivity contribution in [3.8, 4) is 0 Å². The number of aryl methyl sites for hydroxylation is 2. The number of para-hydroxylation sites is 1. The van der Waals surface area contributed by atoms with Crippen LogP contribution in [0.2, 0.25) is 0 Å². The molecule has 1 unspecified atom stereocenters. The van der Waals surface area contributed by atoms with Crippen LogP contribution in [-0.4, -0.2) is 47.1 Å². The Morgan fingerprint density at radius 3 is 2.52 bits per heavy atom. The number of fused-ring (bicyclic) bond motifs is 1. The van der Waals surface area contributed by atoms with Crippen molar-refractivity contribution in [1.29, 1.82) is 0 Å². The molecule has 5 heteroatoms. The number of aromatic amines is 1. The summed E-state index contributed by atoms with van der Waals surface area (Å²) in [5, 5.41) is 10.9. The van der Waals surface area contributed by atoms with Gasteiger partial charge in [0.15, 0.2) is 0 Å². The molecule has 0 saturated carbocycles. The van der Waals surface area contributed by atoms with Gasteiger partial charge in [-0.25, -0.2) is 0 Å². The Balaban J connectivity index is 1.55. The van der Waals surface area contributed by atoms with Gasteiger partial charge in [-0.1, -0.05) is 35.9 Å². The van der Waals surface area contributed by atoms with Crippen LogP contribution in [-0.2, 0) is 4.79 Å². The van der Waals surface area contributed by atoms with Gasteiger partial charge < -0.3 is 15.0 Å². The fourth-order valence-electron chi connectivity index (χ4n) is 4.19. The second-order valence-electron chi connectivity index (χ2n) is 7.34. The Bertz CT molecular complexity index is 971. The lowest BCUT2D eigenvalue weighted by Gasteiger charge is -2.39. The van der Waals surface area contributed by atoms with Crippen LogP contribution in [0.5, 0.6) is 0 Å². The quantitative estimate of drug-likeness (QED) is 0.741. The first kappa shape index (κ1) is 17.6. The summed E-state index contributed by atoms with van der Waals surface area (Å²) >= 11 is 0. The Morgan fingerprint density at radius 2 is 1.81 bits per heavy atom. The van der Waals surface area contributed by atoms with Crippen LogP contribution in [0.1, 0.15) is 22.7 Å². The highest BCUT2D eigenvalue weighted by molar-refractivity contribution is 5.89. The highest BCUT2D eigenvalue weighted by Crippen LogP contribution is 2.30. The first-order valence-corrected chi connectivity index (χ1v) is 9.39. The lowest BCUT2D eigenvalue weighted by Crippen LogP contribution is -2.49. The molecule has 4 rings (SSSR count). The Labute approximate surface area is 159 Å². The van der Waals surface area contributed by atoms with Gasteiger partial charge in [-0.15, -0.1) is 0 Å². The van der Waals surface area contributed by atoms with Gasteiger partial charge in [0.25, 0.3) is 0 Å². The summed E-state index contributed by atoms with van der Waals surface area (Å²) in [7, 11) is 0. The molecule has 0 radical (unpaired) electrons. The first-order chi connectivity index (χ1) is 13.0. The molecule has 1 fully saturated rings. The van der Waals surface area contributed by atoms with Crippen molar-refractivity contribution in [1.82, 2.24) is 9.88 Å². The van der Waals surface area contributed by atoms with E-state index in [4.69, 9.17) is 0 Å². The minimum absolute atomic E-state index is 0.623. The lowest BCUT2D eigenvalue weighted by molar-refractivity contribution is -0.143. The number of H-pyrrole nitrogens is 1. The van der Waals surface area contributed by atoms with Crippen molar-refractivity contribution in [2.45, 2.75) is 19.9 Å². The van der Waals surface area contributed by atoms with Crippen LogP contribution in [0, 0.1) is 13.8 Å². The molecule has 2 N–H and O–H groups in total. The zero-order valence-electron chi connectivity index (χ0n) is 15.8. The van der Waals surface area contributed by atoms with Crippen molar-refractivity contribution in [2.24, 2.45) is 0 Å². The molecule has 0 aliphatic carbocycles. The molecule has 0 amide bonds. The maximum Gasteiger partial charge on any atom is 0.325 e. The number of aromatic nitrogens is 1. The Morgan fingerprint density at radius 1 is 1.07 bits per heavy atom. The van der Waals surface area contributed by atoms with Crippen molar-refractivity contribution < 1.29 is 9.90 Å². The molecule has 1 aromatic heterocycles. The number of benzene rings is 2. The van der Waals surface area contributed by atoms with Crippen LogP contribution >= 0.6 is 0 Å². The average Bonchev–Trinajstić information content (AvgIpc) is 3.06.